The van der Waals surface area contributed by atoms with Crippen LogP contribution in [0.2, 0.25) is 0 Å². The number of aliphatic hydroxyl groups is 2. The molecule has 0 aromatic rings. The maximum atomic E-state index is 11.3. The van der Waals surface area contributed by atoms with E-state index in [-0.39, 0.29) is 48.0 Å². The first-order chi connectivity index (χ1) is 12.3. The first-order valence-electron chi connectivity index (χ1n) is 10.3. The molecule has 0 aromatic heterocycles. The maximum Gasteiger partial charge on any atom is 0.302 e. The van der Waals surface area contributed by atoms with Crippen LogP contribution in [0.4, 0.5) is 0 Å². The number of rotatable bonds is 4. The maximum absolute atomic E-state index is 11.3. The number of fused-ring (bicyclic) bond motifs is 1. The van der Waals surface area contributed by atoms with Crippen LogP contribution in [0.1, 0.15) is 65.7 Å². The third kappa shape index (κ3) is 3.13. The number of carbonyl (C=O) groups is 1. The van der Waals surface area contributed by atoms with Gasteiger partial charge >= 0.3 is 5.97 Å². The first kappa shape index (κ1) is 19.9. The highest BCUT2D eigenvalue weighted by Gasteiger charge is 2.56. The highest BCUT2D eigenvalue weighted by Crippen LogP contribution is 2.63. The molecule has 2 N–H and O–H groups in total. The van der Waals surface area contributed by atoms with E-state index in [9.17, 15) is 15.0 Å². The Morgan fingerprint density at radius 3 is 2.50 bits per heavy atom. The Morgan fingerprint density at radius 2 is 1.88 bits per heavy atom. The highest BCUT2D eigenvalue weighted by atomic mass is 16.5. The first-order valence-corrected chi connectivity index (χ1v) is 10.3. The van der Waals surface area contributed by atoms with Crippen molar-refractivity contribution in [2.45, 2.75) is 71.8 Å². The zero-order valence-electron chi connectivity index (χ0n) is 16.7. The Hall–Kier alpha value is -0.870. The van der Waals surface area contributed by atoms with Gasteiger partial charge in [-0.25, -0.2) is 0 Å². The molecule has 0 saturated heterocycles. The molecule has 0 spiro atoms. The van der Waals surface area contributed by atoms with E-state index >= 15 is 0 Å². The van der Waals surface area contributed by atoms with Crippen molar-refractivity contribution in [2.75, 3.05) is 13.2 Å². The predicted molar refractivity (Wildman–Crippen MR) is 101 cm³/mol. The van der Waals surface area contributed by atoms with Gasteiger partial charge in [-0.2, -0.15) is 0 Å². The van der Waals surface area contributed by atoms with Crippen LogP contribution in [0.5, 0.6) is 0 Å². The van der Waals surface area contributed by atoms with Crippen LogP contribution in [-0.2, 0) is 9.53 Å². The molecule has 0 heterocycles. The molecule has 0 aliphatic heterocycles. The van der Waals surface area contributed by atoms with Crippen LogP contribution in [0.25, 0.3) is 0 Å². The fraction of sp³-hybridized carbons (Fsp3) is 0.864. The van der Waals surface area contributed by atoms with Crippen molar-refractivity contribution >= 4 is 5.97 Å². The van der Waals surface area contributed by atoms with Crippen molar-refractivity contribution in [1.82, 2.24) is 0 Å². The molecule has 3 rings (SSSR count). The second-order valence-electron chi connectivity index (χ2n) is 9.55. The zero-order chi connectivity index (χ0) is 19.1. The predicted octanol–water partition coefficient (Wildman–Crippen LogP) is 3.71. The van der Waals surface area contributed by atoms with Crippen LogP contribution < -0.4 is 0 Å². The normalized spacial score (nSPS) is 46.0. The number of hydrogen-bond donors (Lipinski definition) is 2. The molecule has 3 saturated carbocycles. The largest absolute Gasteiger partial charge is 0.463 e. The lowest BCUT2D eigenvalue weighted by Gasteiger charge is -2.56. The minimum absolute atomic E-state index is 0.00987. The van der Waals surface area contributed by atoms with Gasteiger partial charge in [-0.15, -0.1) is 0 Å². The fourth-order valence-corrected chi connectivity index (χ4v) is 6.76. The Bertz CT molecular complexity index is 558. The van der Waals surface area contributed by atoms with Gasteiger partial charge < -0.3 is 14.9 Å². The van der Waals surface area contributed by atoms with Crippen LogP contribution in [0.15, 0.2) is 12.2 Å². The molecule has 0 radical (unpaired) electrons. The minimum Gasteiger partial charge on any atom is -0.463 e. The lowest BCUT2D eigenvalue weighted by Crippen LogP contribution is -2.52. The van der Waals surface area contributed by atoms with Gasteiger partial charge in [0.1, 0.15) is 6.10 Å². The molecule has 3 unspecified atom stereocenters. The smallest absolute Gasteiger partial charge is 0.302 e. The molecule has 0 bridgehead atoms. The van der Waals surface area contributed by atoms with E-state index in [0.717, 1.165) is 44.9 Å². The van der Waals surface area contributed by atoms with Gasteiger partial charge in [0.2, 0.25) is 0 Å². The van der Waals surface area contributed by atoms with Gasteiger partial charge in [0.25, 0.3) is 0 Å². The summed E-state index contributed by atoms with van der Waals surface area (Å²) in [5, 5.41) is 20.5. The molecule has 3 aliphatic carbocycles. The van der Waals surface area contributed by atoms with E-state index < -0.39 is 0 Å². The van der Waals surface area contributed by atoms with Gasteiger partial charge in [0, 0.05) is 20.1 Å². The highest BCUT2D eigenvalue weighted by molar-refractivity contribution is 5.66. The molecular weight excluding hydrogens is 328 g/mol. The van der Waals surface area contributed by atoms with Gasteiger partial charge in [-0.1, -0.05) is 26.0 Å². The Balaban J connectivity index is 1.82. The summed E-state index contributed by atoms with van der Waals surface area (Å²) in [5.41, 5.74) is 1.52. The summed E-state index contributed by atoms with van der Waals surface area (Å²) in [4.78, 5) is 11.3. The molecule has 4 nitrogen and oxygen atoms in total. The average molecular weight is 365 g/mol. The Morgan fingerprint density at radius 1 is 1.15 bits per heavy atom. The second-order valence-corrected chi connectivity index (χ2v) is 9.55. The third-order valence-corrected chi connectivity index (χ3v) is 8.49. The summed E-state index contributed by atoms with van der Waals surface area (Å²) < 4.78 is 5.45. The van der Waals surface area contributed by atoms with Crippen LogP contribution in [0, 0.1) is 34.5 Å². The van der Waals surface area contributed by atoms with E-state index in [1.54, 1.807) is 0 Å². The number of aliphatic hydroxyl groups excluding tert-OH is 2. The van der Waals surface area contributed by atoms with E-state index in [1.165, 1.54) is 12.5 Å². The molecule has 3 fully saturated rings. The Labute approximate surface area is 158 Å². The second kappa shape index (κ2) is 7.27. The van der Waals surface area contributed by atoms with E-state index in [4.69, 9.17) is 4.74 Å². The summed E-state index contributed by atoms with van der Waals surface area (Å²) in [6.45, 7) is 10.8. The number of carbonyl (C=O) groups excluding carboxylic acids is 1. The molecule has 0 aromatic carbocycles. The number of esters is 1. The number of allylic oxidation sites excluding steroid dienone is 1. The van der Waals surface area contributed by atoms with E-state index in [1.807, 2.05) is 0 Å². The number of hydrogen-bond acceptors (Lipinski definition) is 4. The van der Waals surface area contributed by atoms with Crippen molar-refractivity contribution in [3.8, 4) is 0 Å². The summed E-state index contributed by atoms with van der Waals surface area (Å²) >= 11 is 0. The SMILES string of the molecule is C=C1CC[C@H]2[C@H](CO)[C@@H](C3(C)CCC(OC(C)=O)CC3CO)CC[C@]12C. The molecule has 3 aliphatic rings. The van der Waals surface area contributed by atoms with Crippen LogP contribution in [0.3, 0.4) is 0 Å². The number of ether oxygens (including phenoxy) is 1. The summed E-state index contributed by atoms with van der Waals surface area (Å²) in [5.74, 6) is 1.07. The monoisotopic (exact) mass is 364 g/mol. The molecular formula is C22H36O4. The zero-order valence-corrected chi connectivity index (χ0v) is 16.7. The van der Waals surface area contributed by atoms with Crippen molar-refractivity contribution in [3.05, 3.63) is 12.2 Å². The third-order valence-electron chi connectivity index (χ3n) is 8.49. The van der Waals surface area contributed by atoms with Crippen LogP contribution in [-0.4, -0.2) is 35.5 Å². The molecule has 148 valence electrons. The molecule has 4 heteroatoms. The van der Waals surface area contributed by atoms with Crippen molar-refractivity contribution < 1.29 is 19.7 Å². The van der Waals surface area contributed by atoms with Gasteiger partial charge in [0.05, 0.1) is 0 Å². The van der Waals surface area contributed by atoms with Gasteiger partial charge in [0.15, 0.2) is 0 Å². The minimum atomic E-state index is -0.235. The quantitative estimate of drug-likeness (QED) is 0.589. The van der Waals surface area contributed by atoms with Crippen molar-refractivity contribution in [3.63, 3.8) is 0 Å². The fourth-order valence-electron chi connectivity index (χ4n) is 6.76. The van der Waals surface area contributed by atoms with E-state index in [0.29, 0.717) is 11.8 Å². The van der Waals surface area contributed by atoms with Gasteiger partial charge in [-0.05, 0) is 79.4 Å². The summed E-state index contributed by atoms with van der Waals surface area (Å²) in [7, 11) is 0. The topological polar surface area (TPSA) is 66.8 Å². The average Bonchev–Trinajstić information content (AvgIpc) is 2.90. The molecule has 0 amide bonds. The lowest BCUT2D eigenvalue weighted by molar-refractivity contribution is -0.156. The lowest BCUT2D eigenvalue weighted by atomic mass is 9.49. The van der Waals surface area contributed by atoms with Crippen LogP contribution >= 0.6 is 0 Å². The van der Waals surface area contributed by atoms with Crippen molar-refractivity contribution in [2.24, 2.45) is 34.5 Å². The van der Waals surface area contributed by atoms with E-state index in [2.05, 4.69) is 20.4 Å². The summed E-state index contributed by atoms with van der Waals surface area (Å²) in [6.07, 6.45) is 6.89. The molecule has 26 heavy (non-hydrogen) atoms. The van der Waals surface area contributed by atoms with Gasteiger partial charge in [-0.3, -0.25) is 4.79 Å². The molecule has 7 atom stereocenters. The van der Waals surface area contributed by atoms with Crippen molar-refractivity contribution in [1.29, 1.82) is 0 Å². The summed E-state index contributed by atoms with van der Waals surface area (Å²) in [6, 6.07) is 0. The Kier molecular flexibility index (Phi) is 5.56. The standard InChI is InChI=1S/C22H36O4/c1-14-5-6-19-18(13-24)20(8-10-21(14,19)3)22(4)9-7-17(26-15(2)25)11-16(22)12-23/h16-20,23-24H,1,5-13H2,2-4H3/t16?,17?,18-,19-,20-,21+,22?/m0/s1.